The molecule has 88 valence electrons. The van der Waals surface area contributed by atoms with Gasteiger partial charge in [0.1, 0.15) is 11.3 Å². The maximum atomic E-state index is 11.7. The number of thiazole rings is 1. The Bertz CT molecular complexity index is 559. The number of carbonyl (C=O) groups excluding carboxylic acids is 1. The van der Waals surface area contributed by atoms with Crippen molar-refractivity contribution in [2.45, 2.75) is 6.92 Å². The number of aryl methyl sites for hydroxylation is 1. The van der Waals surface area contributed by atoms with Gasteiger partial charge in [0.2, 0.25) is 0 Å². The minimum absolute atomic E-state index is 0.0635. The molecule has 17 heavy (non-hydrogen) atoms. The molecule has 2 rings (SSSR count). The predicted molar refractivity (Wildman–Crippen MR) is 62.6 cm³/mol. The molecule has 6 nitrogen and oxygen atoms in total. The van der Waals surface area contributed by atoms with Crippen LogP contribution in [0.5, 0.6) is 0 Å². The van der Waals surface area contributed by atoms with Crippen LogP contribution in [0.25, 0.3) is 0 Å². The minimum atomic E-state index is -1.09. The molecule has 0 aromatic carbocycles. The van der Waals surface area contributed by atoms with E-state index in [2.05, 4.69) is 15.3 Å². The van der Waals surface area contributed by atoms with Gasteiger partial charge in [-0.25, -0.2) is 9.78 Å². The van der Waals surface area contributed by atoms with E-state index in [0.29, 0.717) is 5.69 Å². The molecule has 0 bridgehead atoms. The van der Waals surface area contributed by atoms with Gasteiger partial charge in [-0.1, -0.05) is 0 Å². The number of aromatic carboxylic acids is 1. The van der Waals surface area contributed by atoms with Crippen LogP contribution >= 0.6 is 11.3 Å². The van der Waals surface area contributed by atoms with Gasteiger partial charge in [-0.05, 0) is 6.92 Å². The molecule has 0 radical (unpaired) electrons. The van der Waals surface area contributed by atoms with Crippen molar-refractivity contribution >= 4 is 28.9 Å². The quantitative estimate of drug-likeness (QED) is 0.774. The van der Waals surface area contributed by atoms with Crippen LogP contribution in [0.1, 0.15) is 26.5 Å². The van der Waals surface area contributed by atoms with E-state index < -0.39 is 11.9 Å². The van der Waals surface area contributed by atoms with Crippen LogP contribution in [0.3, 0.4) is 0 Å². The third-order valence-corrected chi connectivity index (χ3v) is 2.79. The molecule has 0 unspecified atom stereocenters. The Hall–Kier alpha value is -2.15. The number of carbonyl (C=O) groups is 2. The molecular weight excluding hydrogens is 242 g/mol. The number of aromatic amines is 1. The van der Waals surface area contributed by atoms with Crippen molar-refractivity contribution in [3.8, 4) is 0 Å². The van der Waals surface area contributed by atoms with Crippen molar-refractivity contribution in [2.24, 2.45) is 0 Å². The molecule has 2 aromatic heterocycles. The van der Waals surface area contributed by atoms with Crippen LogP contribution in [0.4, 0.5) is 5.69 Å². The van der Waals surface area contributed by atoms with Crippen LogP contribution in [0.15, 0.2) is 17.1 Å². The van der Waals surface area contributed by atoms with E-state index in [0.717, 1.165) is 0 Å². The Morgan fingerprint density at radius 2 is 2.29 bits per heavy atom. The second-order valence-corrected chi connectivity index (χ2v) is 4.05. The number of aromatic nitrogens is 2. The van der Waals surface area contributed by atoms with E-state index in [9.17, 15) is 9.59 Å². The number of H-pyrrole nitrogens is 1. The fourth-order valence-electron chi connectivity index (χ4n) is 1.41. The first kappa shape index (κ1) is 11.3. The van der Waals surface area contributed by atoms with Crippen molar-refractivity contribution in [3.05, 3.63) is 34.0 Å². The molecule has 0 aliphatic carbocycles. The average molecular weight is 251 g/mol. The first-order valence-electron chi connectivity index (χ1n) is 4.70. The highest BCUT2D eigenvalue weighted by atomic mass is 32.1. The van der Waals surface area contributed by atoms with Crippen molar-refractivity contribution in [1.29, 1.82) is 0 Å². The summed E-state index contributed by atoms with van der Waals surface area (Å²) in [4.78, 5) is 29.3. The predicted octanol–water partition coefficient (Wildman–Crippen LogP) is 1.73. The largest absolute Gasteiger partial charge is 0.478 e. The van der Waals surface area contributed by atoms with E-state index >= 15 is 0 Å². The number of carboxylic acids is 1. The van der Waals surface area contributed by atoms with Crippen LogP contribution in [0, 0.1) is 6.92 Å². The molecule has 2 aromatic rings. The van der Waals surface area contributed by atoms with Crippen molar-refractivity contribution in [1.82, 2.24) is 9.97 Å². The molecule has 1 amide bonds. The van der Waals surface area contributed by atoms with Crippen LogP contribution in [-0.4, -0.2) is 27.0 Å². The summed E-state index contributed by atoms with van der Waals surface area (Å²) in [5, 5.41) is 13.1. The fraction of sp³-hybridized carbons (Fsp3) is 0.100. The first-order chi connectivity index (χ1) is 8.09. The molecule has 0 fully saturated rings. The Morgan fingerprint density at radius 3 is 2.88 bits per heavy atom. The number of carboxylic acid groups (broad SMARTS) is 1. The summed E-state index contributed by atoms with van der Waals surface area (Å²) in [6, 6.07) is 0. The van der Waals surface area contributed by atoms with E-state index in [-0.39, 0.29) is 16.9 Å². The monoisotopic (exact) mass is 251 g/mol. The minimum Gasteiger partial charge on any atom is -0.478 e. The molecule has 0 aliphatic heterocycles. The molecule has 2 heterocycles. The molecule has 0 spiro atoms. The van der Waals surface area contributed by atoms with Crippen molar-refractivity contribution in [2.75, 3.05) is 5.32 Å². The lowest BCUT2D eigenvalue weighted by Gasteiger charge is -2.02. The summed E-state index contributed by atoms with van der Waals surface area (Å²) < 4.78 is 0. The van der Waals surface area contributed by atoms with Gasteiger partial charge in [-0.15, -0.1) is 11.3 Å². The van der Waals surface area contributed by atoms with E-state index in [4.69, 9.17) is 5.11 Å². The highest BCUT2D eigenvalue weighted by Gasteiger charge is 2.18. The summed E-state index contributed by atoms with van der Waals surface area (Å²) in [5.74, 6) is -1.51. The van der Waals surface area contributed by atoms with E-state index in [1.54, 1.807) is 12.3 Å². The molecular formula is C10H9N3O3S. The third kappa shape index (κ3) is 2.18. The summed E-state index contributed by atoms with van der Waals surface area (Å²) in [5.41, 5.74) is 2.60. The summed E-state index contributed by atoms with van der Waals surface area (Å²) in [7, 11) is 0. The Balaban J connectivity index is 2.25. The van der Waals surface area contributed by atoms with Crippen molar-refractivity contribution in [3.63, 3.8) is 0 Å². The SMILES string of the molecule is Cc1[nH]cc(NC(=O)c2cscn2)c1C(=O)O. The molecule has 3 N–H and O–H groups in total. The second-order valence-electron chi connectivity index (χ2n) is 3.34. The zero-order valence-corrected chi connectivity index (χ0v) is 9.67. The molecule has 0 aliphatic rings. The average Bonchev–Trinajstić information content (AvgIpc) is 2.87. The number of hydrogen-bond donors (Lipinski definition) is 3. The normalized spacial score (nSPS) is 10.2. The van der Waals surface area contributed by atoms with Gasteiger partial charge < -0.3 is 15.4 Å². The smallest absolute Gasteiger partial charge is 0.339 e. The Kier molecular flexibility index (Phi) is 2.92. The van der Waals surface area contributed by atoms with Crippen LogP contribution in [-0.2, 0) is 0 Å². The first-order valence-corrected chi connectivity index (χ1v) is 5.64. The number of amides is 1. The number of rotatable bonds is 3. The van der Waals surface area contributed by atoms with Crippen LogP contribution < -0.4 is 5.32 Å². The van der Waals surface area contributed by atoms with Crippen molar-refractivity contribution < 1.29 is 14.7 Å². The molecule has 7 heteroatoms. The number of nitrogens with one attached hydrogen (secondary N) is 2. The zero-order chi connectivity index (χ0) is 12.4. The van der Waals surface area contributed by atoms with E-state index in [1.807, 2.05) is 0 Å². The maximum Gasteiger partial charge on any atom is 0.339 e. The topological polar surface area (TPSA) is 95.1 Å². The summed E-state index contributed by atoms with van der Waals surface area (Å²) in [6.07, 6.45) is 1.45. The lowest BCUT2D eigenvalue weighted by molar-refractivity contribution is 0.0697. The van der Waals surface area contributed by atoms with Crippen LogP contribution in [0.2, 0.25) is 0 Å². The number of nitrogens with zero attached hydrogens (tertiary/aromatic N) is 1. The van der Waals surface area contributed by atoms with Gasteiger partial charge in [-0.2, -0.15) is 0 Å². The van der Waals surface area contributed by atoms with Gasteiger partial charge >= 0.3 is 5.97 Å². The van der Waals surface area contributed by atoms with Gasteiger partial charge in [0, 0.05) is 17.3 Å². The van der Waals surface area contributed by atoms with E-state index in [1.165, 1.54) is 23.0 Å². The molecule has 0 atom stereocenters. The summed E-state index contributed by atoms with van der Waals surface area (Å²) >= 11 is 1.30. The highest BCUT2D eigenvalue weighted by Crippen LogP contribution is 2.19. The molecule has 0 saturated heterocycles. The molecule has 0 saturated carbocycles. The standard InChI is InChI=1S/C10H9N3O3S/c1-5-8(10(15)16)6(2-11-5)13-9(14)7-3-17-4-12-7/h2-4,11H,1H3,(H,13,14)(H,15,16). The number of hydrogen-bond acceptors (Lipinski definition) is 4. The number of anilines is 1. The highest BCUT2D eigenvalue weighted by molar-refractivity contribution is 7.07. The van der Waals surface area contributed by atoms with Gasteiger partial charge in [-0.3, -0.25) is 4.79 Å². The van der Waals surface area contributed by atoms with Gasteiger partial charge in [0.05, 0.1) is 11.2 Å². The van der Waals surface area contributed by atoms with Gasteiger partial charge in [0.25, 0.3) is 5.91 Å². The third-order valence-electron chi connectivity index (χ3n) is 2.20. The zero-order valence-electron chi connectivity index (χ0n) is 8.85. The Morgan fingerprint density at radius 1 is 1.53 bits per heavy atom. The fourth-order valence-corrected chi connectivity index (χ4v) is 1.94. The second kappa shape index (κ2) is 4.38. The lowest BCUT2D eigenvalue weighted by Crippen LogP contribution is -2.14. The lowest BCUT2D eigenvalue weighted by atomic mass is 10.2. The Labute approximate surface area is 100 Å². The maximum absolute atomic E-state index is 11.7. The van der Waals surface area contributed by atoms with Gasteiger partial charge in [0.15, 0.2) is 0 Å². The summed E-state index contributed by atoms with van der Waals surface area (Å²) in [6.45, 7) is 1.63.